The Morgan fingerprint density at radius 1 is 1.07 bits per heavy atom. The third kappa shape index (κ3) is 4.28. The number of amides is 2. The predicted molar refractivity (Wildman–Crippen MR) is 105 cm³/mol. The summed E-state index contributed by atoms with van der Waals surface area (Å²) in [6.07, 6.45) is 3.41. The lowest BCUT2D eigenvalue weighted by atomic mass is 9.83. The molecule has 0 aromatic heterocycles. The third-order valence-corrected chi connectivity index (χ3v) is 5.65. The van der Waals surface area contributed by atoms with E-state index in [0.717, 1.165) is 36.6 Å². The molecule has 0 spiro atoms. The molecular formula is C21H26N4O2. The van der Waals surface area contributed by atoms with E-state index in [1.807, 2.05) is 42.5 Å². The molecule has 2 aliphatic rings. The van der Waals surface area contributed by atoms with Crippen molar-refractivity contribution in [2.24, 2.45) is 5.92 Å². The van der Waals surface area contributed by atoms with E-state index in [2.05, 4.69) is 21.5 Å². The Labute approximate surface area is 159 Å². The van der Waals surface area contributed by atoms with Crippen LogP contribution in [0.4, 0.5) is 0 Å². The largest absolute Gasteiger partial charge is 0.353 e. The molecule has 142 valence electrons. The Bertz CT molecular complexity index is 838. The van der Waals surface area contributed by atoms with Gasteiger partial charge >= 0.3 is 0 Å². The highest BCUT2D eigenvalue weighted by atomic mass is 16.2. The van der Waals surface area contributed by atoms with Crippen molar-refractivity contribution in [3.8, 4) is 0 Å². The number of carbonyl (C=O) groups is 2. The van der Waals surface area contributed by atoms with E-state index >= 15 is 0 Å². The van der Waals surface area contributed by atoms with E-state index in [-0.39, 0.29) is 17.9 Å². The maximum Gasteiger partial charge on any atom is 0.251 e. The molecule has 3 unspecified atom stereocenters. The minimum absolute atomic E-state index is 0.0103. The fourth-order valence-electron chi connectivity index (χ4n) is 4.15. The number of hydrazine groups is 1. The first-order valence-corrected chi connectivity index (χ1v) is 9.74. The summed E-state index contributed by atoms with van der Waals surface area (Å²) >= 11 is 0. The Balaban J connectivity index is 1.22. The molecular weight excluding hydrogens is 340 g/mol. The minimum atomic E-state index is -0.142. The quantitative estimate of drug-likeness (QED) is 0.649. The van der Waals surface area contributed by atoms with Gasteiger partial charge in [0.1, 0.15) is 0 Å². The number of hydrogen-bond donors (Lipinski definition) is 4. The van der Waals surface area contributed by atoms with Gasteiger partial charge < -0.3 is 10.6 Å². The van der Waals surface area contributed by atoms with Crippen LogP contribution in [0.25, 0.3) is 10.8 Å². The van der Waals surface area contributed by atoms with Crippen LogP contribution in [0.5, 0.6) is 0 Å². The lowest BCUT2D eigenvalue weighted by Gasteiger charge is -2.31. The van der Waals surface area contributed by atoms with Crippen molar-refractivity contribution in [1.29, 1.82) is 0 Å². The molecule has 2 aromatic carbocycles. The fraction of sp³-hybridized carbons (Fsp3) is 0.429. The SMILES string of the molecule is O=C(CCNC(=O)c1ccc2ccccc2c1)NC1CCC2NNCC2C1. The van der Waals surface area contributed by atoms with Crippen molar-refractivity contribution in [2.45, 2.75) is 37.8 Å². The molecule has 1 aliphatic carbocycles. The number of carbonyl (C=O) groups excluding carboxylic acids is 2. The van der Waals surface area contributed by atoms with Crippen LogP contribution in [-0.2, 0) is 4.79 Å². The van der Waals surface area contributed by atoms with Gasteiger partial charge in [-0.2, -0.15) is 0 Å². The standard InChI is InChI=1S/C21H26N4O2/c26-20(24-18-7-8-19-17(12-18)13-23-25-19)9-10-22-21(27)16-6-5-14-3-1-2-4-15(14)11-16/h1-6,11,17-19,23,25H,7-10,12-13H2,(H,22,27)(H,24,26). The van der Waals surface area contributed by atoms with E-state index in [4.69, 9.17) is 0 Å². The van der Waals surface area contributed by atoms with Gasteiger partial charge in [0.15, 0.2) is 0 Å². The zero-order chi connectivity index (χ0) is 18.6. The first kappa shape index (κ1) is 17.9. The molecule has 2 amide bonds. The van der Waals surface area contributed by atoms with Gasteiger partial charge in [0.25, 0.3) is 5.91 Å². The molecule has 2 aromatic rings. The zero-order valence-corrected chi connectivity index (χ0v) is 15.3. The molecule has 4 rings (SSSR count). The van der Waals surface area contributed by atoms with Gasteiger partial charge in [-0.25, -0.2) is 0 Å². The summed E-state index contributed by atoms with van der Waals surface area (Å²) in [5.41, 5.74) is 7.12. The maximum atomic E-state index is 12.3. The van der Waals surface area contributed by atoms with Crippen molar-refractivity contribution in [2.75, 3.05) is 13.1 Å². The van der Waals surface area contributed by atoms with Crippen LogP contribution in [0.1, 0.15) is 36.0 Å². The van der Waals surface area contributed by atoms with Gasteiger partial charge in [-0.3, -0.25) is 20.4 Å². The van der Waals surface area contributed by atoms with Gasteiger partial charge in [-0.1, -0.05) is 30.3 Å². The van der Waals surface area contributed by atoms with Gasteiger partial charge in [0.05, 0.1) is 0 Å². The van der Waals surface area contributed by atoms with E-state index in [0.29, 0.717) is 30.5 Å². The number of hydrogen-bond acceptors (Lipinski definition) is 4. The number of nitrogens with one attached hydrogen (secondary N) is 4. The van der Waals surface area contributed by atoms with Crippen molar-refractivity contribution < 1.29 is 9.59 Å². The Morgan fingerprint density at radius 2 is 1.93 bits per heavy atom. The van der Waals surface area contributed by atoms with Gasteiger partial charge in [-0.15, -0.1) is 0 Å². The Hall–Kier alpha value is -2.44. The van der Waals surface area contributed by atoms with Gasteiger partial charge in [0, 0.05) is 37.2 Å². The highest BCUT2D eigenvalue weighted by molar-refractivity contribution is 5.98. The van der Waals surface area contributed by atoms with Crippen LogP contribution in [-0.4, -0.2) is 37.0 Å². The number of rotatable bonds is 5. The first-order chi connectivity index (χ1) is 13.2. The number of benzene rings is 2. The molecule has 1 saturated carbocycles. The molecule has 3 atom stereocenters. The summed E-state index contributed by atoms with van der Waals surface area (Å²) in [7, 11) is 0. The van der Waals surface area contributed by atoms with Crippen LogP contribution >= 0.6 is 0 Å². The smallest absolute Gasteiger partial charge is 0.251 e. The highest BCUT2D eigenvalue weighted by Crippen LogP contribution is 2.26. The topological polar surface area (TPSA) is 82.3 Å². The second-order valence-electron chi connectivity index (χ2n) is 7.54. The average molecular weight is 366 g/mol. The molecule has 1 heterocycles. The van der Waals surface area contributed by atoms with E-state index < -0.39 is 0 Å². The second-order valence-corrected chi connectivity index (χ2v) is 7.54. The highest BCUT2D eigenvalue weighted by Gasteiger charge is 2.34. The molecule has 4 N–H and O–H groups in total. The second kappa shape index (κ2) is 8.06. The minimum Gasteiger partial charge on any atom is -0.353 e. The van der Waals surface area contributed by atoms with Crippen molar-refractivity contribution in [3.05, 3.63) is 48.0 Å². The Morgan fingerprint density at radius 3 is 2.81 bits per heavy atom. The molecule has 0 bridgehead atoms. The first-order valence-electron chi connectivity index (χ1n) is 9.74. The van der Waals surface area contributed by atoms with Crippen molar-refractivity contribution in [3.63, 3.8) is 0 Å². The van der Waals surface area contributed by atoms with E-state index in [1.54, 1.807) is 0 Å². The summed E-state index contributed by atoms with van der Waals surface area (Å²) in [4.78, 5) is 24.5. The molecule has 1 aliphatic heterocycles. The maximum absolute atomic E-state index is 12.3. The average Bonchev–Trinajstić information content (AvgIpc) is 3.15. The van der Waals surface area contributed by atoms with Gasteiger partial charge in [0.2, 0.25) is 5.91 Å². The lowest BCUT2D eigenvalue weighted by Crippen LogP contribution is -2.44. The van der Waals surface area contributed by atoms with Crippen LogP contribution in [0, 0.1) is 5.92 Å². The normalized spacial score (nSPS) is 24.4. The predicted octanol–water partition coefficient (Wildman–Crippen LogP) is 1.72. The van der Waals surface area contributed by atoms with Crippen LogP contribution in [0.2, 0.25) is 0 Å². The summed E-state index contributed by atoms with van der Waals surface area (Å²) in [5, 5.41) is 8.12. The molecule has 2 fully saturated rings. The van der Waals surface area contributed by atoms with Crippen LogP contribution in [0.15, 0.2) is 42.5 Å². The van der Waals surface area contributed by atoms with E-state index in [1.165, 1.54) is 0 Å². The molecule has 6 heteroatoms. The molecule has 27 heavy (non-hydrogen) atoms. The third-order valence-electron chi connectivity index (χ3n) is 5.65. The van der Waals surface area contributed by atoms with Crippen LogP contribution in [0.3, 0.4) is 0 Å². The van der Waals surface area contributed by atoms with Gasteiger partial charge in [-0.05, 0) is 48.1 Å². The molecule has 0 radical (unpaired) electrons. The molecule has 6 nitrogen and oxygen atoms in total. The lowest BCUT2D eigenvalue weighted by molar-refractivity contribution is -0.122. The summed E-state index contributed by atoms with van der Waals surface area (Å²) in [5.74, 6) is 0.463. The number of fused-ring (bicyclic) bond motifs is 2. The van der Waals surface area contributed by atoms with Crippen LogP contribution < -0.4 is 21.5 Å². The fourth-order valence-corrected chi connectivity index (χ4v) is 4.15. The van der Waals surface area contributed by atoms with Crippen molar-refractivity contribution in [1.82, 2.24) is 21.5 Å². The zero-order valence-electron chi connectivity index (χ0n) is 15.3. The molecule has 1 saturated heterocycles. The summed E-state index contributed by atoms with van der Waals surface area (Å²) in [6, 6.07) is 14.4. The Kier molecular flexibility index (Phi) is 5.36. The summed E-state index contributed by atoms with van der Waals surface area (Å²) in [6.45, 7) is 1.32. The van der Waals surface area contributed by atoms with E-state index in [9.17, 15) is 9.59 Å². The van der Waals surface area contributed by atoms with Crippen molar-refractivity contribution >= 4 is 22.6 Å². The monoisotopic (exact) mass is 366 g/mol. The summed E-state index contributed by atoms with van der Waals surface area (Å²) < 4.78 is 0.